The van der Waals surface area contributed by atoms with Gasteiger partial charge >= 0.3 is 5.97 Å². The third-order valence-electron chi connectivity index (χ3n) is 5.14. The summed E-state index contributed by atoms with van der Waals surface area (Å²) in [5.41, 5.74) is 1.92. The maximum Gasteiger partial charge on any atom is 0.334 e. The number of halogens is 2. The minimum Gasteiger partial charge on any atom is -0.478 e. The van der Waals surface area contributed by atoms with Gasteiger partial charge in [-0.05, 0) is 44.4 Å². The molecule has 1 aromatic carbocycles. The van der Waals surface area contributed by atoms with Crippen LogP contribution >= 0.6 is 11.6 Å². The minimum absolute atomic E-state index is 0.0225. The van der Waals surface area contributed by atoms with E-state index in [4.69, 9.17) is 21.4 Å². The normalized spacial score (nSPS) is 21.0. The molecule has 1 aromatic rings. The quantitative estimate of drug-likeness (QED) is 0.540. The van der Waals surface area contributed by atoms with Crippen LogP contribution in [0.5, 0.6) is 0 Å². The van der Waals surface area contributed by atoms with Crippen LogP contribution in [0.2, 0.25) is 5.02 Å². The molecule has 27 heavy (non-hydrogen) atoms. The fourth-order valence-electron chi connectivity index (χ4n) is 3.79. The van der Waals surface area contributed by atoms with E-state index in [9.17, 15) is 14.3 Å². The molecule has 3 rings (SSSR count). The van der Waals surface area contributed by atoms with E-state index in [-0.39, 0.29) is 28.9 Å². The average molecular weight is 396 g/mol. The van der Waals surface area contributed by atoms with Crippen LogP contribution in [0.25, 0.3) is 0 Å². The lowest BCUT2D eigenvalue weighted by atomic mass is 9.80. The molecule has 2 aliphatic rings. The Bertz CT molecular complexity index is 779. The molecule has 0 aromatic heterocycles. The number of carbonyl (C=O) groups is 1. The van der Waals surface area contributed by atoms with Crippen LogP contribution in [0.15, 0.2) is 40.7 Å². The Balaban J connectivity index is 1.95. The van der Waals surface area contributed by atoms with E-state index in [1.54, 1.807) is 19.9 Å². The molecule has 1 fully saturated rings. The first-order valence-corrected chi connectivity index (χ1v) is 9.40. The minimum atomic E-state index is -1.13. The van der Waals surface area contributed by atoms with Crippen molar-refractivity contribution >= 4 is 17.6 Å². The van der Waals surface area contributed by atoms with Crippen molar-refractivity contribution in [1.82, 2.24) is 5.32 Å². The Morgan fingerprint density at radius 1 is 1.30 bits per heavy atom. The summed E-state index contributed by atoms with van der Waals surface area (Å²) in [6.45, 7) is 3.48. The lowest BCUT2D eigenvalue weighted by Crippen LogP contribution is -2.30. The van der Waals surface area contributed by atoms with Crippen LogP contribution in [-0.4, -0.2) is 23.8 Å². The summed E-state index contributed by atoms with van der Waals surface area (Å²) >= 11 is 6.26. The van der Waals surface area contributed by atoms with Crippen molar-refractivity contribution in [2.45, 2.75) is 51.6 Å². The molecule has 0 radical (unpaired) electrons. The van der Waals surface area contributed by atoms with E-state index in [0.717, 1.165) is 25.7 Å². The molecule has 0 bridgehead atoms. The number of carboxylic acid groups (broad SMARTS) is 1. The van der Waals surface area contributed by atoms with Crippen LogP contribution in [0.1, 0.15) is 51.0 Å². The third kappa shape index (κ3) is 4.18. The van der Waals surface area contributed by atoms with Gasteiger partial charge < -0.3 is 10.4 Å². The molecule has 1 unspecified atom stereocenters. The van der Waals surface area contributed by atoms with E-state index < -0.39 is 17.7 Å². The first kappa shape index (κ1) is 19.9. The van der Waals surface area contributed by atoms with Gasteiger partial charge in [-0.1, -0.05) is 30.5 Å². The predicted octanol–water partition coefficient (Wildman–Crippen LogP) is 4.69. The monoisotopic (exact) mass is 395 g/mol. The van der Waals surface area contributed by atoms with Gasteiger partial charge in [0, 0.05) is 27.9 Å². The van der Waals surface area contributed by atoms with Gasteiger partial charge in [0.2, 0.25) is 0 Å². The summed E-state index contributed by atoms with van der Waals surface area (Å²) in [7, 11) is 0. The topological polar surface area (TPSA) is 67.8 Å². The van der Waals surface area contributed by atoms with Crippen molar-refractivity contribution < 1.29 is 24.1 Å². The summed E-state index contributed by atoms with van der Waals surface area (Å²) in [6.07, 6.45) is 4.15. The van der Waals surface area contributed by atoms with Crippen molar-refractivity contribution in [2.75, 3.05) is 6.61 Å². The van der Waals surface area contributed by atoms with Crippen LogP contribution in [-0.2, 0) is 14.6 Å². The second kappa shape index (κ2) is 8.42. The molecule has 1 heterocycles. The number of hydrogen-bond acceptors (Lipinski definition) is 4. The number of dihydropyridines is 1. The summed E-state index contributed by atoms with van der Waals surface area (Å²) in [6, 6.07) is 4.33. The molecule has 1 saturated carbocycles. The van der Waals surface area contributed by atoms with Crippen molar-refractivity contribution in [3.63, 3.8) is 0 Å². The maximum atomic E-state index is 14.7. The van der Waals surface area contributed by atoms with Gasteiger partial charge in [0.25, 0.3) is 0 Å². The van der Waals surface area contributed by atoms with Crippen molar-refractivity contribution in [1.29, 1.82) is 0 Å². The first-order chi connectivity index (χ1) is 12.9. The Morgan fingerprint density at radius 3 is 2.63 bits per heavy atom. The Kier molecular flexibility index (Phi) is 6.19. The molecule has 0 spiro atoms. The lowest BCUT2D eigenvalue weighted by molar-refractivity contribution is -0.317. The van der Waals surface area contributed by atoms with Crippen LogP contribution in [0.3, 0.4) is 0 Å². The maximum absolute atomic E-state index is 14.7. The number of hydrogen-bond donors (Lipinski definition) is 2. The molecule has 1 atom stereocenters. The average Bonchev–Trinajstić information content (AvgIpc) is 3.10. The van der Waals surface area contributed by atoms with Gasteiger partial charge in [-0.3, -0.25) is 0 Å². The molecule has 5 nitrogen and oxygen atoms in total. The van der Waals surface area contributed by atoms with Crippen LogP contribution in [0.4, 0.5) is 4.39 Å². The smallest absolute Gasteiger partial charge is 0.334 e. The third-order valence-corrected chi connectivity index (χ3v) is 5.47. The fraction of sp³-hybridized carbons (Fsp3) is 0.450. The lowest BCUT2D eigenvalue weighted by Gasteiger charge is -2.31. The molecule has 7 heteroatoms. The second-order valence-corrected chi connectivity index (χ2v) is 7.36. The number of carboxylic acids is 1. The van der Waals surface area contributed by atoms with E-state index >= 15 is 0 Å². The molecule has 0 amide bonds. The standard InChI is InChI=1S/C20H23ClFNO4/c1-11-14(10-26-27-13-6-3-4-7-13)18(17(20(24)25)12(2)23-11)19-15(21)8-5-9-16(19)22/h5,8-9,13,18,23H,3-4,6-7,10H2,1-2H3,(H,24,25). The Labute approximate surface area is 162 Å². The van der Waals surface area contributed by atoms with Gasteiger partial charge in [0.05, 0.1) is 11.7 Å². The highest BCUT2D eigenvalue weighted by Gasteiger charge is 2.36. The summed E-state index contributed by atoms with van der Waals surface area (Å²) < 4.78 is 14.7. The van der Waals surface area contributed by atoms with E-state index in [0.29, 0.717) is 17.0 Å². The highest BCUT2D eigenvalue weighted by atomic mass is 35.5. The molecule has 1 aliphatic carbocycles. The number of rotatable bonds is 6. The molecule has 146 valence electrons. The van der Waals surface area contributed by atoms with Crippen LogP contribution in [0, 0.1) is 5.82 Å². The fourth-order valence-corrected chi connectivity index (χ4v) is 4.07. The van der Waals surface area contributed by atoms with Crippen LogP contribution < -0.4 is 5.32 Å². The summed E-state index contributed by atoms with van der Waals surface area (Å²) in [5.74, 6) is -2.54. The van der Waals surface area contributed by atoms with E-state index in [1.165, 1.54) is 12.1 Å². The van der Waals surface area contributed by atoms with E-state index in [2.05, 4.69) is 5.32 Å². The molecular weight excluding hydrogens is 373 g/mol. The number of aliphatic carboxylic acids is 1. The van der Waals surface area contributed by atoms with Gasteiger partial charge in [-0.15, -0.1) is 0 Å². The van der Waals surface area contributed by atoms with Crippen molar-refractivity contribution in [3.05, 3.63) is 57.1 Å². The zero-order valence-corrected chi connectivity index (χ0v) is 16.1. The highest BCUT2D eigenvalue weighted by Crippen LogP contribution is 2.42. The number of allylic oxidation sites excluding steroid dienone is 2. The van der Waals surface area contributed by atoms with E-state index in [1.807, 2.05) is 0 Å². The number of nitrogens with one attached hydrogen (secondary N) is 1. The predicted molar refractivity (Wildman–Crippen MR) is 99.6 cm³/mol. The van der Waals surface area contributed by atoms with Gasteiger partial charge in [0.15, 0.2) is 0 Å². The molecule has 2 N–H and O–H groups in total. The Hall–Kier alpha value is -1.89. The first-order valence-electron chi connectivity index (χ1n) is 9.03. The number of benzene rings is 1. The zero-order chi connectivity index (χ0) is 19.6. The van der Waals surface area contributed by atoms with Gasteiger partial charge in [-0.2, -0.15) is 0 Å². The SMILES string of the molecule is CC1=C(COOC2CCCC2)C(c2c(F)cccc2Cl)C(C(=O)O)=C(C)N1. The zero-order valence-electron chi connectivity index (χ0n) is 15.4. The van der Waals surface area contributed by atoms with Gasteiger partial charge in [0.1, 0.15) is 12.4 Å². The second-order valence-electron chi connectivity index (χ2n) is 6.95. The summed E-state index contributed by atoms with van der Waals surface area (Å²) in [5, 5.41) is 13.0. The van der Waals surface area contributed by atoms with Gasteiger partial charge in [-0.25, -0.2) is 19.0 Å². The molecule has 0 saturated heterocycles. The van der Waals surface area contributed by atoms with Crippen molar-refractivity contribution in [2.24, 2.45) is 0 Å². The highest BCUT2D eigenvalue weighted by molar-refractivity contribution is 6.31. The summed E-state index contributed by atoms with van der Waals surface area (Å²) in [4.78, 5) is 22.9. The van der Waals surface area contributed by atoms with Crippen molar-refractivity contribution in [3.8, 4) is 0 Å². The largest absolute Gasteiger partial charge is 0.478 e. The Morgan fingerprint density at radius 2 is 2.00 bits per heavy atom. The molecule has 1 aliphatic heterocycles. The molecular formula is C20H23ClFNO4.